The minimum absolute atomic E-state index is 0.0975. The predicted octanol–water partition coefficient (Wildman–Crippen LogP) is 4.11. The molecule has 0 amide bonds. The fourth-order valence-corrected chi connectivity index (χ4v) is 4.24. The fourth-order valence-electron chi connectivity index (χ4n) is 3.47. The van der Waals surface area contributed by atoms with E-state index in [1.54, 1.807) is 0 Å². The van der Waals surface area contributed by atoms with Gasteiger partial charge in [0.05, 0.1) is 6.04 Å². The molecule has 0 aliphatic carbocycles. The minimum atomic E-state index is -0.444. The third-order valence-electron chi connectivity index (χ3n) is 4.99. The van der Waals surface area contributed by atoms with Crippen molar-refractivity contribution in [3.05, 3.63) is 28.8 Å². The van der Waals surface area contributed by atoms with Crippen LogP contribution in [0.2, 0.25) is 5.02 Å². The topological polar surface area (TPSA) is 24.5 Å². The van der Waals surface area contributed by atoms with Crippen molar-refractivity contribution in [2.75, 3.05) is 0 Å². The van der Waals surface area contributed by atoms with Crippen LogP contribution in [0.15, 0.2) is 18.2 Å². The molecule has 1 aromatic carbocycles. The van der Waals surface area contributed by atoms with Crippen LogP contribution >= 0.6 is 23.8 Å². The van der Waals surface area contributed by atoms with Gasteiger partial charge in [0.25, 0.3) is 0 Å². The van der Waals surface area contributed by atoms with Crippen LogP contribution in [0.4, 0.5) is 0 Å². The van der Waals surface area contributed by atoms with Gasteiger partial charge in [0.1, 0.15) is 5.75 Å². The van der Waals surface area contributed by atoms with Gasteiger partial charge in [-0.05, 0) is 44.6 Å². The molecule has 0 saturated carbocycles. The van der Waals surface area contributed by atoms with Gasteiger partial charge < -0.3 is 15.0 Å². The Balaban J connectivity index is 2.14. The largest absolute Gasteiger partial charge is 0.467 e. The summed E-state index contributed by atoms with van der Waals surface area (Å²) in [6, 6.07) is 6.25. The fraction of sp³-hybridized carbons (Fsp3) is 0.562. The normalized spacial score (nSPS) is 32.0. The smallest absolute Gasteiger partial charge is 0.187 e. The first kappa shape index (κ1) is 14.9. The zero-order chi connectivity index (χ0) is 15.4. The molecular weight excluding hydrogens is 304 g/mol. The minimum Gasteiger partial charge on any atom is -0.467 e. The van der Waals surface area contributed by atoms with Crippen LogP contribution in [-0.4, -0.2) is 21.8 Å². The van der Waals surface area contributed by atoms with Gasteiger partial charge in [-0.25, -0.2) is 0 Å². The van der Waals surface area contributed by atoms with Gasteiger partial charge in [-0.2, -0.15) is 0 Å². The molecule has 0 spiro atoms. The lowest BCUT2D eigenvalue weighted by atomic mass is 9.80. The Kier molecular flexibility index (Phi) is 3.57. The van der Waals surface area contributed by atoms with Gasteiger partial charge in [-0.15, -0.1) is 0 Å². The number of nitrogens with zero attached hydrogens (tertiary/aromatic N) is 1. The summed E-state index contributed by atoms with van der Waals surface area (Å²) < 4.78 is 6.40. The number of rotatable bonds is 2. The number of benzene rings is 1. The number of nitrogens with one attached hydrogen (secondary N) is 1. The summed E-state index contributed by atoms with van der Waals surface area (Å²) in [5.74, 6) is 1.10. The summed E-state index contributed by atoms with van der Waals surface area (Å²) in [6.45, 7) is 8.68. The molecule has 2 aliphatic heterocycles. The van der Waals surface area contributed by atoms with E-state index in [-0.39, 0.29) is 12.0 Å². The summed E-state index contributed by atoms with van der Waals surface area (Å²) in [6.07, 6.45) is 1.01. The highest BCUT2D eigenvalue weighted by molar-refractivity contribution is 7.80. The summed E-state index contributed by atoms with van der Waals surface area (Å²) in [7, 11) is 0. The molecule has 4 unspecified atom stereocenters. The van der Waals surface area contributed by atoms with Crippen LogP contribution in [0, 0.1) is 5.92 Å². The van der Waals surface area contributed by atoms with E-state index in [1.165, 1.54) is 0 Å². The first-order chi connectivity index (χ1) is 9.90. The van der Waals surface area contributed by atoms with E-state index in [2.05, 4.69) is 37.9 Å². The maximum atomic E-state index is 6.40. The van der Waals surface area contributed by atoms with Crippen molar-refractivity contribution in [1.82, 2.24) is 10.2 Å². The van der Waals surface area contributed by atoms with Crippen molar-refractivity contribution in [3.8, 4) is 5.75 Å². The van der Waals surface area contributed by atoms with Crippen LogP contribution in [0.25, 0.3) is 0 Å². The molecule has 1 saturated heterocycles. The third-order valence-corrected chi connectivity index (χ3v) is 5.64. The Morgan fingerprint density at radius 1 is 1.52 bits per heavy atom. The van der Waals surface area contributed by atoms with E-state index in [9.17, 15) is 0 Å². The number of fused-ring (bicyclic) bond motifs is 4. The molecule has 3 nitrogen and oxygen atoms in total. The average Bonchev–Trinajstić information content (AvgIpc) is 2.42. The summed E-state index contributed by atoms with van der Waals surface area (Å²) in [4.78, 5) is 2.20. The molecule has 0 radical (unpaired) electrons. The molecule has 2 bridgehead atoms. The second kappa shape index (κ2) is 5.03. The highest BCUT2D eigenvalue weighted by Crippen LogP contribution is 2.50. The predicted molar refractivity (Wildman–Crippen MR) is 89.7 cm³/mol. The van der Waals surface area contributed by atoms with Crippen molar-refractivity contribution in [1.29, 1.82) is 0 Å². The number of thiocarbonyl (C=S) groups is 1. The standard InChI is InChI=1S/C16H21ClN2OS/c1-5-9(2)19-15(21)18-14-10(3)16(19,4)20-12-8-6-7-11(17)13(12)14/h6-10,14H,5H2,1-4H3,(H,18,21). The van der Waals surface area contributed by atoms with E-state index in [1.807, 2.05) is 18.2 Å². The van der Waals surface area contributed by atoms with Crippen molar-refractivity contribution < 1.29 is 4.74 Å². The Morgan fingerprint density at radius 3 is 2.90 bits per heavy atom. The number of halogens is 1. The van der Waals surface area contributed by atoms with Crippen LogP contribution in [-0.2, 0) is 0 Å². The van der Waals surface area contributed by atoms with E-state index in [0.717, 1.165) is 27.9 Å². The molecule has 1 N–H and O–H groups in total. The molecule has 5 heteroatoms. The van der Waals surface area contributed by atoms with Gasteiger partial charge in [-0.1, -0.05) is 31.5 Å². The van der Waals surface area contributed by atoms with Crippen molar-refractivity contribution in [2.45, 2.75) is 51.9 Å². The second-order valence-corrected chi connectivity index (χ2v) is 6.95. The zero-order valence-corrected chi connectivity index (χ0v) is 14.4. The first-order valence-electron chi connectivity index (χ1n) is 7.47. The molecular formula is C16H21ClN2OS. The van der Waals surface area contributed by atoms with E-state index in [4.69, 9.17) is 28.6 Å². The molecule has 0 aromatic heterocycles. The number of hydrogen-bond donors (Lipinski definition) is 1. The average molecular weight is 325 g/mol. The van der Waals surface area contributed by atoms with Crippen molar-refractivity contribution in [2.24, 2.45) is 5.92 Å². The highest BCUT2D eigenvalue weighted by Gasteiger charge is 2.54. The van der Waals surface area contributed by atoms with Crippen molar-refractivity contribution in [3.63, 3.8) is 0 Å². The van der Waals surface area contributed by atoms with Gasteiger partial charge in [-0.3, -0.25) is 0 Å². The number of hydrogen-bond acceptors (Lipinski definition) is 2. The summed E-state index contributed by atoms with van der Waals surface area (Å²) in [5.41, 5.74) is 0.579. The Morgan fingerprint density at radius 2 is 2.24 bits per heavy atom. The van der Waals surface area contributed by atoms with Gasteiger partial charge >= 0.3 is 0 Å². The lowest BCUT2D eigenvalue weighted by Crippen LogP contribution is -2.70. The maximum Gasteiger partial charge on any atom is 0.187 e. The van der Waals surface area contributed by atoms with Gasteiger partial charge in [0.2, 0.25) is 0 Å². The molecule has 21 heavy (non-hydrogen) atoms. The number of ether oxygens (including phenoxy) is 1. The molecule has 4 atom stereocenters. The Labute approximate surface area is 136 Å². The van der Waals surface area contributed by atoms with Gasteiger partial charge in [0.15, 0.2) is 10.8 Å². The van der Waals surface area contributed by atoms with Crippen LogP contribution in [0.3, 0.4) is 0 Å². The molecule has 3 rings (SSSR count). The maximum absolute atomic E-state index is 6.40. The second-order valence-electron chi connectivity index (χ2n) is 6.15. The quantitative estimate of drug-likeness (QED) is 0.827. The van der Waals surface area contributed by atoms with E-state index in [0.29, 0.717) is 6.04 Å². The van der Waals surface area contributed by atoms with E-state index >= 15 is 0 Å². The van der Waals surface area contributed by atoms with Crippen LogP contribution in [0.1, 0.15) is 45.7 Å². The van der Waals surface area contributed by atoms with Crippen LogP contribution < -0.4 is 10.1 Å². The Hall–Kier alpha value is -1.00. The molecule has 2 heterocycles. The summed E-state index contributed by atoms with van der Waals surface area (Å²) in [5, 5.41) is 4.96. The van der Waals surface area contributed by atoms with E-state index < -0.39 is 5.72 Å². The van der Waals surface area contributed by atoms with Gasteiger partial charge in [0, 0.05) is 22.5 Å². The van der Waals surface area contributed by atoms with Crippen molar-refractivity contribution >= 4 is 28.9 Å². The zero-order valence-electron chi connectivity index (χ0n) is 12.8. The van der Waals surface area contributed by atoms with Crippen LogP contribution in [0.5, 0.6) is 5.75 Å². The molecule has 2 aliphatic rings. The highest BCUT2D eigenvalue weighted by atomic mass is 35.5. The Bertz CT molecular complexity index is 594. The monoisotopic (exact) mass is 324 g/mol. The molecule has 114 valence electrons. The SMILES string of the molecule is CCC(C)N1C(=S)NC2c3c(Cl)cccc3OC1(C)C2C. The molecule has 1 fully saturated rings. The molecule has 1 aromatic rings. The third kappa shape index (κ3) is 2.03. The lowest BCUT2D eigenvalue weighted by molar-refractivity contribution is -0.123. The first-order valence-corrected chi connectivity index (χ1v) is 8.26. The summed E-state index contributed by atoms with van der Waals surface area (Å²) >= 11 is 12.0. The lowest BCUT2D eigenvalue weighted by Gasteiger charge is -2.58.